The number of halogens is 2. The molecule has 3 nitrogen and oxygen atoms in total. The first-order valence-corrected chi connectivity index (χ1v) is 8.22. The van der Waals surface area contributed by atoms with E-state index in [9.17, 15) is 4.79 Å². The van der Waals surface area contributed by atoms with E-state index in [0.717, 1.165) is 36.9 Å². The van der Waals surface area contributed by atoms with Crippen LogP contribution in [0.25, 0.3) is 0 Å². The lowest BCUT2D eigenvalue weighted by molar-refractivity contribution is -0.131. The maximum Gasteiger partial charge on any atom is 0.236 e. The average molecular weight is 360 g/mol. The third-order valence-electron chi connectivity index (χ3n) is 3.61. The molecule has 0 spiro atoms. The van der Waals surface area contributed by atoms with E-state index in [4.69, 9.17) is 11.6 Å². The molecule has 1 heterocycles. The van der Waals surface area contributed by atoms with Gasteiger partial charge in [0.15, 0.2) is 0 Å². The van der Waals surface area contributed by atoms with Gasteiger partial charge >= 0.3 is 0 Å². The highest BCUT2D eigenvalue weighted by Gasteiger charge is 2.27. The first-order chi connectivity index (χ1) is 9.50. The summed E-state index contributed by atoms with van der Waals surface area (Å²) < 4.78 is 0. The van der Waals surface area contributed by atoms with E-state index < -0.39 is 0 Å². The summed E-state index contributed by atoms with van der Waals surface area (Å²) in [5, 5.41) is 0.771. The summed E-state index contributed by atoms with van der Waals surface area (Å²) in [6.45, 7) is 7.26. The summed E-state index contributed by atoms with van der Waals surface area (Å²) in [6.07, 6.45) is 0. The van der Waals surface area contributed by atoms with Gasteiger partial charge in [-0.2, -0.15) is 0 Å². The highest BCUT2D eigenvalue weighted by Crippen LogP contribution is 2.26. The molecule has 0 radical (unpaired) electrons. The number of nitrogens with zero attached hydrogens (tertiary/aromatic N) is 2. The molecule has 5 heteroatoms. The molecule has 1 aromatic rings. The maximum atomic E-state index is 12.3. The molecule has 1 fully saturated rings. The van der Waals surface area contributed by atoms with Gasteiger partial charge in [-0.3, -0.25) is 4.79 Å². The summed E-state index contributed by atoms with van der Waals surface area (Å²) in [5.41, 5.74) is 1.06. The Balaban J connectivity index is 1.96. The van der Waals surface area contributed by atoms with E-state index in [1.165, 1.54) is 0 Å². The lowest BCUT2D eigenvalue weighted by atomic mass is 10.1. The SMILES string of the molecule is CC(C)C(Br)C(=O)N1CCN(c2ccccc2Cl)CC1. The van der Waals surface area contributed by atoms with Gasteiger partial charge in [-0.05, 0) is 18.1 Å². The molecule has 1 unspecified atom stereocenters. The number of hydrogen-bond acceptors (Lipinski definition) is 2. The summed E-state index contributed by atoms with van der Waals surface area (Å²) in [7, 11) is 0. The van der Waals surface area contributed by atoms with Crippen molar-refractivity contribution >= 4 is 39.1 Å². The van der Waals surface area contributed by atoms with Crippen molar-refractivity contribution < 1.29 is 4.79 Å². The zero-order chi connectivity index (χ0) is 14.7. The molecule has 0 aromatic heterocycles. The van der Waals surface area contributed by atoms with Gasteiger partial charge in [0.25, 0.3) is 0 Å². The number of carbonyl (C=O) groups is 1. The Morgan fingerprint density at radius 3 is 2.35 bits per heavy atom. The van der Waals surface area contributed by atoms with Crippen molar-refractivity contribution in [2.24, 2.45) is 5.92 Å². The number of piperazine rings is 1. The third kappa shape index (κ3) is 3.47. The van der Waals surface area contributed by atoms with E-state index in [-0.39, 0.29) is 10.7 Å². The molecule has 1 aromatic carbocycles. The van der Waals surface area contributed by atoms with Gasteiger partial charge in [-0.25, -0.2) is 0 Å². The standard InChI is InChI=1S/C15H20BrClN2O/c1-11(2)14(16)15(20)19-9-7-18(8-10-19)13-6-4-3-5-12(13)17/h3-6,11,14H,7-10H2,1-2H3. The van der Waals surface area contributed by atoms with Crippen LogP contribution in [0.15, 0.2) is 24.3 Å². The summed E-state index contributed by atoms with van der Waals surface area (Å²) in [5.74, 6) is 0.503. The Kier molecular flexibility index (Phi) is 5.33. The van der Waals surface area contributed by atoms with Crippen molar-refractivity contribution in [1.82, 2.24) is 4.90 Å². The van der Waals surface area contributed by atoms with Gasteiger partial charge in [-0.15, -0.1) is 0 Å². The third-order valence-corrected chi connectivity index (χ3v) is 5.37. The minimum absolute atomic E-state index is 0.0886. The number of hydrogen-bond donors (Lipinski definition) is 0. The molecule has 1 atom stereocenters. The van der Waals surface area contributed by atoms with Crippen LogP contribution in [0.1, 0.15) is 13.8 Å². The second-order valence-electron chi connectivity index (χ2n) is 5.41. The highest BCUT2D eigenvalue weighted by atomic mass is 79.9. The van der Waals surface area contributed by atoms with E-state index in [1.807, 2.05) is 29.2 Å². The average Bonchev–Trinajstić information content (AvgIpc) is 2.46. The van der Waals surface area contributed by atoms with Gasteiger partial charge in [0.2, 0.25) is 5.91 Å². The van der Waals surface area contributed by atoms with Crippen LogP contribution in [-0.4, -0.2) is 41.8 Å². The molecular formula is C15H20BrClN2O. The predicted molar refractivity (Wildman–Crippen MR) is 87.8 cm³/mol. The van der Waals surface area contributed by atoms with E-state index in [2.05, 4.69) is 34.7 Å². The van der Waals surface area contributed by atoms with Crippen molar-refractivity contribution in [3.05, 3.63) is 29.3 Å². The van der Waals surface area contributed by atoms with Crippen LogP contribution in [0.2, 0.25) is 5.02 Å². The number of amides is 1. The fraction of sp³-hybridized carbons (Fsp3) is 0.533. The molecule has 0 N–H and O–H groups in total. The molecule has 1 aliphatic heterocycles. The van der Waals surface area contributed by atoms with Crippen LogP contribution >= 0.6 is 27.5 Å². The molecule has 110 valence electrons. The number of benzene rings is 1. The minimum atomic E-state index is -0.0886. The molecule has 0 bridgehead atoms. The van der Waals surface area contributed by atoms with E-state index in [1.54, 1.807) is 0 Å². The Morgan fingerprint density at radius 1 is 1.20 bits per heavy atom. The number of rotatable bonds is 3. The van der Waals surface area contributed by atoms with Gasteiger partial charge in [-0.1, -0.05) is 53.5 Å². The molecule has 1 aliphatic rings. The summed E-state index contributed by atoms with van der Waals surface area (Å²) in [6, 6.07) is 7.86. The lowest BCUT2D eigenvalue weighted by Crippen LogP contribution is -2.51. The van der Waals surface area contributed by atoms with Crippen LogP contribution in [-0.2, 0) is 4.79 Å². The Morgan fingerprint density at radius 2 is 1.80 bits per heavy atom. The second kappa shape index (κ2) is 6.81. The van der Waals surface area contributed by atoms with Gasteiger partial charge in [0, 0.05) is 26.2 Å². The lowest BCUT2D eigenvalue weighted by Gasteiger charge is -2.37. The Labute approximate surface area is 134 Å². The van der Waals surface area contributed by atoms with Crippen molar-refractivity contribution in [1.29, 1.82) is 0 Å². The maximum absolute atomic E-state index is 12.3. The number of para-hydroxylation sites is 1. The Hall–Kier alpha value is -0.740. The zero-order valence-electron chi connectivity index (χ0n) is 11.9. The van der Waals surface area contributed by atoms with Crippen LogP contribution in [0.5, 0.6) is 0 Å². The minimum Gasteiger partial charge on any atom is -0.367 e. The predicted octanol–water partition coefficient (Wildman–Crippen LogP) is 3.41. The van der Waals surface area contributed by atoms with Crippen LogP contribution in [0.3, 0.4) is 0 Å². The zero-order valence-corrected chi connectivity index (χ0v) is 14.2. The molecule has 20 heavy (non-hydrogen) atoms. The summed E-state index contributed by atoms with van der Waals surface area (Å²) in [4.78, 5) is 16.4. The van der Waals surface area contributed by atoms with E-state index in [0.29, 0.717) is 5.92 Å². The van der Waals surface area contributed by atoms with Crippen molar-refractivity contribution in [3.8, 4) is 0 Å². The highest BCUT2D eigenvalue weighted by molar-refractivity contribution is 9.10. The van der Waals surface area contributed by atoms with Gasteiger partial charge in [0.05, 0.1) is 15.5 Å². The van der Waals surface area contributed by atoms with Crippen molar-refractivity contribution in [2.75, 3.05) is 31.1 Å². The number of carbonyl (C=O) groups excluding carboxylic acids is 1. The van der Waals surface area contributed by atoms with Gasteiger partial charge < -0.3 is 9.80 Å². The quantitative estimate of drug-likeness (QED) is 0.772. The summed E-state index contributed by atoms with van der Waals surface area (Å²) >= 11 is 9.71. The van der Waals surface area contributed by atoms with E-state index >= 15 is 0 Å². The number of anilines is 1. The number of alkyl halides is 1. The van der Waals surface area contributed by atoms with Crippen molar-refractivity contribution in [2.45, 2.75) is 18.7 Å². The molecule has 2 rings (SSSR count). The van der Waals surface area contributed by atoms with Crippen LogP contribution in [0, 0.1) is 5.92 Å². The smallest absolute Gasteiger partial charge is 0.236 e. The molecule has 1 amide bonds. The largest absolute Gasteiger partial charge is 0.367 e. The van der Waals surface area contributed by atoms with Crippen LogP contribution in [0.4, 0.5) is 5.69 Å². The molecule has 1 saturated heterocycles. The van der Waals surface area contributed by atoms with Crippen molar-refractivity contribution in [3.63, 3.8) is 0 Å². The van der Waals surface area contributed by atoms with Crippen LogP contribution < -0.4 is 4.90 Å². The molecule has 0 aliphatic carbocycles. The Bertz CT molecular complexity index is 473. The second-order valence-corrected chi connectivity index (χ2v) is 6.80. The molecular weight excluding hydrogens is 340 g/mol. The first kappa shape index (κ1) is 15.6. The monoisotopic (exact) mass is 358 g/mol. The normalized spacial score (nSPS) is 17.4. The fourth-order valence-corrected chi connectivity index (χ4v) is 2.88. The van der Waals surface area contributed by atoms with Gasteiger partial charge in [0.1, 0.15) is 0 Å². The molecule has 0 saturated carbocycles. The fourth-order valence-electron chi connectivity index (χ4n) is 2.34. The topological polar surface area (TPSA) is 23.6 Å². The first-order valence-electron chi connectivity index (χ1n) is 6.93.